The van der Waals surface area contributed by atoms with Crippen molar-refractivity contribution in [1.29, 1.82) is 0 Å². The monoisotopic (exact) mass is 261 g/mol. The fourth-order valence-electron chi connectivity index (χ4n) is 0.807. The molecule has 72 valence electrons. The Bertz CT molecular complexity index is 282. The minimum absolute atomic E-state index is 0.00861. The normalized spacial score (nSPS) is 11.3. The Labute approximate surface area is 90.5 Å². The SMILES string of the molecule is CC(C)(CBr)NC(=O)c1ccsc1. The van der Waals surface area contributed by atoms with Gasteiger partial charge in [-0.25, -0.2) is 0 Å². The van der Waals surface area contributed by atoms with E-state index >= 15 is 0 Å². The van der Waals surface area contributed by atoms with Gasteiger partial charge in [0.25, 0.3) is 5.91 Å². The number of nitrogens with one attached hydrogen (secondary N) is 1. The zero-order chi connectivity index (χ0) is 9.90. The number of hydrogen-bond acceptors (Lipinski definition) is 2. The number of carbonyl (C=O) groups excluding carboxylic acids is 1. The first kappa shape index (κ1) is 10.7. The molecule has 1 heterocycles. The van der Waals surface area contributed by atoms with E-state index in [9.17, 15) is 4.79 Å². The molecular weight excluding hydrogens is 250 g/mol. The molecule has 1 aromatic rings. The topological polar surface area (TPSA) is 29.1 Å². The predicted molar refractivity (Wildman–Crippen MR) is 59.7 cm³/mol. The maximum Gasteiger partial charge on any atom is 0.252 e. The first-order valence-corrected chi connectivity index (χ1v) is 6.02. The number of halogens is 1. The van der Waals surface area contributed by atoms with Gasteiger partial charge in [-0.15, -0.1) is 0 Å². The molecule has 0 atom stereocenters. The Morgan fingerprint density at radius 3 is 2.85 bits per heavy atom. The van der Waals surface area contributed by atoms with Crippen LogP contribution < -0.4 is 5.32 Å². The number of rotatable bonds is 3. The molecule has 0 unspecified atom stereocenters. The van der Waals surface area contributed by atoms with E-state index in [4.69, 9.17) is 0 Å². The van der Waals surface area contributed by atoms with Gasteiger partial charge in [-0.2, -0.15) is 11.3 Å². The number of thiophene rings is 1. The van der Waals surface area contributed by atoms with Crippen molar-refractivity contribution < 1.29 is 4.79 Å². The molecule has 1 rings (SSSR count). The highest BCUT2D eigenvalue weighted by atomic mass is 79.9. The van der Waals surface area contributed by atoms with Crippen molar-refractivity contribution in [3.8, 4) is 0 Å². The molecule has 0 aliphatic carbocycles. The molecule has 0 bridgehead atoms. The van der Waals surface area contributed by atoms with Gasteiger partial charge >= 0.3 is 0 Å². The van der Waals surface area contributed by atoms with Gasteiger partial charge in [0, 0.05) is 16.2 Å². The van der Waals surface area contributed by atoms with Crippen molar-refractivity contribution in [2.45, 2.75) is 19.4 Å². The van der Waals surface area contributed by atoms with Crippen molar-refractivity contribution in [2.24, 2.45) is 0 Å². The Morgan fingerprint density at radius 1 is 1.69 bits per heavy atom. The summed E-state index contributed by atoms with van der Waals surface area (Å²) >= 11 is 4.88. The van der Waals surface area contributed by atoms with Gasteiger partial charge in [0.2, 0.25) is 0 Å². The average Bonchev–Trinajstić information content (AvgIpc) is 2.55. The van der Waals surface area contributed by atoms with Crippen LogP contribution in [0, 0.1) is 0 Å². The molecule has 0 aliphatic rings. The van der Waals surface area contributed by atoms with E-state index in [-0.39, 0.29) is 11.4 Å². The molecule has 0 saturated carbocycles. The van der Waals surface area contributed by atoms with Crippen LogP contribution in [0.4, 0.5) is 0 Å². The summed E-state index contributed by atoms with van der Waals surface area (Å²) in [5.74, 6) is -0.00861. The number of carbonyl (C=O) groups is 1. The second-order valence-electron chi connectivity index (χ2n) is 3.48. The molecule has 2 nitrogen and oxygen atoms in total. The number of hydrogen-bond donors (Lipinski definition) is 1. The van der Waals surface area contributed by atoms with Crippen LogP contribution in [0.25, 0.3) is 0 Å². The van der Waals surface area contributed by atoms with Crippen molar-refractivity contribution >= 4 is 33.2 Å². The second-order valence-corrected chi connectivity index (χ2v) is 4.82. The summed E-state index contributed by atoms with van der Waals surface area (Å²) in [6, 6.07) is 1.82. The summed E-state index contributed by atoms with van der Waals surface area (Å²) in [5, 5.41) is 7.42. The van der Waals surface area contributed by atoms with Gasteiger partial charge in [-0.05, 0) is 25.3 Å². The Hall–Kier alpha value is -0.350. The zero-order valence-corrected chi connectivity index (χ0v) is 10.0. The van der Waals surface area contributed by atoms with Crippen LogP contribution in [0.2, 0.25) is 0 Å². The second kappa shape index (κ2) is 4.24. The smallest absolute Gasteiger partial charge is 0.252 e. The lowest BCUT2D eigenvalue weighted by Gasteiger charge is -2.23. The van der Waals surface area contributed by atoms with Crippen molar-refractivity contribution in [3.05, 3.63) is 22.4 Å². The van der Waals surface area contributed by atoms with Gasteiger partial charge in [-0.1, -0.05) is 15.9 Å². The Kier molecular flexibility index (Phi) is 3.50. The molecule has 13 heavy (non-hydrogen) atoms. The molecule has 0 aromatic carbocycles. The highest BCUT2D eigenvalue weighted by molar-refractivity contribution is 9.09. The largest absolute Gasteiger partial charge is 0.346 e. The van der Waals surface area contributed by atoms with Gasteiger partial charge in [-0.3, -0.25) is 4.79 Å². The van der Waals surface area contributed by atoms with Crippen LogP contribution >= 0.6 is 27.3 Å². The van der Waals surface area contributed by atoms with E-state index in [1.165, 1.54) is 11.3 Å². The van der Waals surface area contributed by atoms with E-state index in [0.29, 0.717) is 0 Å². The number of alkyl halides is 1. The number of amides is 1. The molecule has 0 aliphatic heterocycles. The van der Waals surface area contributed by atoms with Gasteiger partial charge in [0.15, 0.2) is 0 Å². The molecule has 4 heteroatoms. The Morgan fingerprint density at radius 2 is 2.38 bits per heavy atom. The summed E-state index contributed by atoms with van der Waals surface area (Å²) in [6.07, 6.45) is 0. The van der Waals surface area contributed by atoms with Crippen molar-refractivity contribution in [3.63, 3.8) is 0 Å². The third-order valence-electron chi connectivity index (χ3n) is 1.57. The van der Waals surface area contributed by atoms with Crippen LogP contribution in [0.3, 0.4) is 0 Å². The van der Waals surface area contributed by atoms with E-state index in [1.807, 2.05) is 30.7 Å². The predicted octanol–water partition coefficient (Wildman–Crippen LogP) is 2.65. The minimum atomic E-state index is -0.195. The molecule has 0 spiro atoms. The lowest BCUT2D eigenvalue weighted by molar-refractivity contribution is 0.0922. The van der Waals surface area contributed by atoms with E-state index in [0.717, 1.165) is 10.9 Å². The quantitative estimate of drug-likeness (QED) is 0.833. The fourth-order valence-corrected chi connectivity index (χ4v) is 1.58. The third-order valence-corrected chi connectivity index (χ3v) is 3.65. The highest BCUT2D eigenvalue weighted by Gasteiger charge is 2.19. The standard InChI is InChI=1S/C9H12BrNOS/c1-9(2,6-10)11-8(12)7-3-4-13-5-7/h3-5H,6H2,1-2H3,(H,11,12). The summed E-state index contributed by atoms with van der Waals surface area (Å²) in [6.45, 7) is 3.96. The van der Waals surface area contributed by atoms with Gasteiger partial charge < -0.3 is 5.32 Å². The fraction of sp³-hybridized carbons (Fsp3) is 0.444. The summed E-state index contributed by atoms with van der Waals surface area (Å²) < 4.78 is 0. The lowest BCUT2D eigenvalue weighted by atomic mass is 10.1. The minimum Gasteiger partial charge on any atom is -0.346 e. The third kappa shape index (κ3) is 3.12. The summed E-state index contributed by atoms with van der Waals surface area (Å²) in [7, 11) is 0. The maximum atomic E-state index is 11.6. The molecule has 0 fully saturated rings. The van der Waals surface area contributed by atoms with Crippen LogP contribution in [0.15, 0.2) is 16.8 Å². The average molecular weight is 262 g/mol. The molecule has 0 saturated heterocycles. The first-order chi connectivity index (χ1) is 6.05. The van der Waals surface area contributed by atoms with E-state index in [2.05, 4.69) is 21.2 Å². The molecule has 0 radical (unpaired) electrons. The molecule has 1 amide bonds. The summed E-state index contributed by atoms with van der Waals surface area (Å²) in [4.78, 5) is 11.6. The first-order valence-electron chi connectivity index (χ1n) is 3.96. The van der Waals surface area contributed by atoms with Crippen LogP contribution in [0.5, 0.6) is 0 Å². The van der Waals surface area contributed by atoms with Gasteiger partial charge in [0.1, 0.15) is 0 Å². The maximum absolute atomic E-state index is 11.6. The van der Waals surface area contributed by atoms with Crippen LogP contribution in [0.1, 0.15) is 24.2 Å². The highest BCUT2D eigenvalue weighted by Crippen LogP contribution is 2.10. The summed E-state index contributed by atoms with van der Waals surface area (Å²) in [5.41, 5.74) is 0.540. The van der Waals surface area contributed by atoms with Crippen molar-refractivity contribution in [1.82, 2.24) is 5.32 Å². The Balaban J connectivity index is 2.61. The molecular formula is C9H12BrNOS. The van der Waals surface area contributed by atoms with E-state index in [1.54, 1.807) is 0 Å². The zero-order valence-electron chi connectivity index (χ0n) is 7.63. The van der Waals surface area contributed by atoms with Gasteiger partial charge in [0.05, 0.1) is 5.56 Å². The van der Waals surface area contributed by atoms with Crippen molar-refractivity contribution in [2.75, 3.05) is 5.33 Å². The molecule has 1 N–H and O–H groups in total. The molecule has 1 aromatic heterocycles. The van der Waals surface area contributed by atoms with Crippen LogP contribution in [-0.2, 0) is 0 Å². The van der Waals surface area contributed by atoms with E-state index < -0.39 is 0 Å². The van der Waals surface area contributed by atoms with Crippen LogP contribution in [-0.4, -0.2) is 16.8 Å². The lowest BCUT2D eigenvalue weighted by Crippen LogP contribution is -2.44.